The summed E-state index contributed by atoms with van der Waals surface area (Å²) in [4.78, 5) is 12.8. The van der Waals surface area contributed by atoms with Gasteiger partial charge in [-0.25, -0.2) is 4.39 Å². The number of nitrogens with zero attached hydrogens (tertiary/aromatic N) is 2. The molecule has 1 N–H and O–H groups in total. The molecule has 100 valence electrons. The highest BCUT2D eigenvalue weighted by Crippen LogP contribution is 2.23. The van der Waals surface area contributed by atoms with Gasteiger partial charge < -0.3 is 5.11 Å². The van der Waals surface area contributed by atoms with E-state index < -0.39 is 11.8 Å². The third-order valence-electron chi connectivity index (χ3n) is 3.46. The summed E-state index contributed by atoms with van der Waals surface area (Å²) in [5, 5.41) is 17.5. The van der Waals surface area contributed by atoms with Crippen LogP contribution in [0.1, 0.15) is 30.4 Å². The molecule has 1 atom stereocenters. The van der Waals surface area contributed by atoms with Crippen LogP contribution in [0.15, 0.2) is 18.2 Å². The fraction of sp³-hybridized carbons (Fsp3) is 0.429. The molecule has 1 heterocycles. The normalized spacial score (nSPS) is 19.3. The Hall–Kier alpha value is -1.93. The lowest BCUT2D eigenvalue weighted by molar-refractivity contribution is -0.138. The minimum Gasteiger partial charge on any atom is -0.481 e. The van der Waals surface area contributed by atoms with Crippen LogP contribution >= 0.6 is 0 Å². The van der Waals surface area contributed by atoms with Crippen molar-refractivity contribution in [2.24, 2.45) is 0 Å². The number of carbonyl (C=O) groups is 1. The van der Waals surface area contributed by atoms with E-state index in [0.29, 0.717) is 17.7 Å². The lowest BCUT2D eigenvalue weighted by Gasteiger charge is -2.23. The second-order valence-electron chi connectivity index (χ2n) is 4.78. The maximum absolute atomic E-state index is 13.8. The zero-order valence-electron chi connectivity index (χ0n) is 10.5. The van der Waals surface area contributed by atoms with Crippen LogP contribution in [0.3, 0.4) is 0 Å². The van der Waals surface area contributed by atoms with E-state index in [2.05, 4.69) is 0 Å². The number of carboxylic acid groups (broad SMARTS) is 1. The van der Waals surface area contributed by atoms with Crippen LogP contribution in [0, 0.1) is 17.1 Å². The van der Waals surface area contributed by atoms with Crippen LogP contribution in [0.5, 0.6) is 0 Å². The molecule has 4 nitrogen and oxygen atoms in total. The van der Waals surface area contributed by atoms with Crippen LogP contribution in [-0.2, 0) is 11.3 Å². The van der Waals surface area contributed by atoms with Gasteiger partial charge in [-0.2, -0.15) is 5.26 Å². The summed E-state index contributed by atoms with van der Waals surface area (Å²) >= 11 is 0. The Balaban J connectivity index is 2.08. The molecule has 0 aliphatic carbocycles. The zero-order valence-corrected chi connectivity index (χ0v) is 10.5. The van der Waals surface area contributed by atoms with Crippen LogP contribution in [0.4, 0.5) is 4.39 Å². The Bertz CT molecular complexity index is 525. The highest BCUT2D eigenvalue weighted by Gasteiger charge is 2.27. The first kappa shape index (κ1) is 13.5. The van der Waals surface area contributed by atoms with Crippen molar-refractivity contribution in [1.29, 1.82) is 5.26 Å². The highest BCUT2D eigenvalue weighted by molar-refractivity contribution is 5.67. The molecule has 1 saturated heterocycles. The van der Waals surface area contributed by atoms with Crippen molar-refractivity contribution >= 4 is 5.97 Å². The fourth-order valence-electron chi connectivity index (χ4n) is 2.50. The Morgan fingerprint density at radius 1 is 1.58 bits per heavy atom. The molecule has 19 heavy (non-hydrogen) atoms. The molecule has 0 saturated carbocycles. The lowest BCUT2D eigenvalue weighted by atomic mass is 10.1. The molecular formula is C14H15FN2O2. The predicted octanol–water partition coefficient (Wildman–Crippen LogP) is 2.14. The van der Waals surface area contributed by atoms with Crippen molar-refractivity contribution in [3.63, 3.8) is 0 Å². The molecular weight excluding hydrogens is 247 g/mol. The third kappa shape index (κ3) is 3.30. The van der Waals surface area contributed by atoms with Crippen molar-refractivity contribution in [2.45, 2.75) is 31.8 Å². The molecule has 1 fully saturated rings. The SMILES string of the molecule is N#Cc1ccc(CN2CCCC2CC(=O)O)c(F)c1. The maximum Gasteiger partial charge on any atom is 0.304 e. The van der Waals surface area contributed by atoms with Gasteiger partial charge in [-0.3, -0.25) is 9.69 Å². The average molecular weight is 262 g/mol. The van der Waals surface area contributed by atoms with Gasteiger partial charge in [0.15, 0.2) is 0 Å². The van der Waals surface area contributed by atoms with Crippen LogP contribution in [0.2, 0.25) is 0 Å². The molecule has 1 aromatic rings. The number of likely N-dealkylation sites (tertiary alicyclic amines) is 1. The summed E-state index contributed by atoms with van der Waals surface area (Å²) in [5.74, 6) is -1.22. The highest BCUT2D eigenvalue weighted by atomic mass is 19.1. The van der Waals surface area contributed by atoms with Crippen molar-refractivity contribution in [1.82, 2.24) is 4.90 Å². The first-order valence-electron chi connectivity index (χ1n) is 6.24. The molecule has 1 unspecified atom stereocenters. The zero-order chi connectivity index (χ0) is 13.8. The van der Waals surface area contributed by atoms with Gasteiger partial charge in [-0.05, 0) is 31.5 Å². The lowest BCUT2D eigenvalue weighted by Crippen LogP contribution is -2.31. The number of hydrogen-bond acceptors (Lipinski definition) is 3. The molecule has 0 aromatic heterocycles. The van der Waals surface area contributed by atoms with Crippen LogP contribution in [0.25, 0.3) is 0 Å². The van der Waals surface area contributed by atoms with Gasteiger partial charge in [-0.1, -0.05) is 6.07 Å². The Labute approximate surface area is 111 Å². The average Bonchev–Trinajstić information content (AvgIpc) is 2.78. The van der Waals surface area contributed by atoms with E-state index in [1.807, 2.05) is 11.0 Å². The number of halogens is 1. The summed E-state index contributed by atoms with van der Waals surface area (Å²) < 4.78 is 13.8. The third-order valence-corrected chi connectivity index (χ3v) is 3.46. The summed E-state index contributed by atoms with van der Waals surface area (Å²) in [6.45, 7) is 1.19. The first-order chi connectivity index (χ1) is 9.10. The monoisotopic (exact) mass is 262 g/mol. The fourth-order valence-corrected chi connectivity index (χ4v) is 2.50. The molecule has 0 radical (unpaired) electrons. The molecule has 0 amide bonds. The summed E-state index contributed by atoms with van der Waals surface area (Å²) in [7, 11) is 0. The number of aliphatic carboxylic acids is 1. The molecule has 2 rings (SSSR count). The minimum absolute atomic E-state index is 0.0208. The van der Waals surface area contributed by atoms with Gasteiger partial charge in [-0.15, -0.1) is 0 Å². The number of rotatable bonds is 4. The number of nitriles is 1. The van der Waals surface area contributed by atoms with Crippen molar-refractivity contribution < 1.29 is 14.3 Å². The Kier molecular flexibility index (Phi) is 4.13. The van der Waals surface area contributed by atoms with Gasteiger partial charge in [0, 0.05) is 18.2 Å². The summed E-state index contributed by atoms with van der Waals surface area (Å²) in [6.07, 6.45) is 1.87. The van der Waals surface area contributed by atoms with Gasteiger partial charge in [0.05, 0.1) is 18.1 Å². The minimum atomic E-state index is -0.822. The maximum atomic E-state index is 13.8. The van der Waals surface area contributed by atoms with Gasteiger partial charge in [0.2, 0.25) is 0 Å². The first-order valence-corrected chi connectivity index (χ1v) is 6.24. The summed E-state index contributed by atoms with van der Waals surface area (Å²) in [5.41, 5.74) is 0.807. The second-order valence-corrected chi connectivity index (χ2v) is 4.78. The van der Waals surface area contributed by atoms with E-state index in [1.165, 1.54) is 6.07 Å². The summed E-state index contributed by atoms with van der Waals surface area (Å²) in [6, 6.07) is 6.28. The van der Waals surface area contributed by atoms with Crippen LogP contribution < -0.4 is 0 Å². The van der Waals surface area contributed by atoms with Gasteiger partial charge in [0.25, 0.3) is 0 Å². The smallest absolute Gasteiger partial charge is 0.304 e. The second kappa shape index (κ2) is 5.81. The number of benzene rings is 1. The predicted molar refractivity (Wildman–Crippen MR) is 66.8 cm³/mol. The quantitative estimate of drug-likeness (QED) is 0.902. The van der Waals surface area contributed by atoms with E-state index in [9.17, 15) is 9.18 Å². The molecule has 0 bridgehead atoms. The largest absolute Gasteiger partial charge is 0.481 e. The van der Waals surface area contributed by atoms with E-state index in [0.717, 1.165) is 19.4 Å². The molecule has 1 aliphatic heterocycles. The standard InChI is InChI=1S/C14H15FN2O2/c15-13-6-10(8-16)3-4-11(13)9-17-5-1-2-12(17)7-14(18)19/h3-4,6,12H,1-2,5,7,9H2,(H,18,19). The van der Waals surface area contributed by atoms with Gasteiger partial charge >= 0.3 is 5.97 Å². The number of carboxylic acids is 1. The van der Waals surface area contributed by atoms with Crippen molar-refractivity contribution in [3.8, 4) is 6.07 Å². The molecule has 1 aromatic carbocycles. The molecule has 0 spiro atoms. The van der Waals surface area contributed by atoms with Crippen molar-refractivity contribution in [2.75, 3.05) is 6.54 Å². The van der Waals surface area contributed by atoms with E-state index in [1.54, 1.807) is 12.1 Å². The molecule has 5 heteroatoms. The van der Waals surface area contributed by atoms with E-state index in [-0.39, 0.29) is 12.5 Å². The molecule has 1 aliphatic rings. The van der Waals surface area contributed by atoms with Crippen LogP contribution in [-0.4, -0.2) is 28.6 Å². The topological polar surface area (TPSA) is 64.3 Å². The Morgan fingerprint density at radius 2 is 2.37 bits per heavy atom. The Morgan fingerprint density at radius 3 is 3.00 bits per heavy atom. The van der Waals surface area contributed by atoms with Crippen molar-refractivity contribution in [3.05, 3.63) is 35.1 Å². The number of hydrogen-bond donors (Lipinski definition) is 1. The van der Waals surface area contributed by atoms with E-state index >= 15 is 0 Å². The van der Waals surface area contributed by atoms with Gasteiger partial charge in [0.1, 0.15) is 5.82 Å². The van der Waals surface area contributed by atoms with E-state index in [4.69, 9.17) is 10.4 Å².